The van der Waals surface area contributed by atoms with E-state index < -0.39 is 0 Å². The Morgan fingerprint density at radius 1 is 1.22 bits per heavy atom. The minimum atomic E-state index is -0.113. The third-order valence-electron chi connectivity index (χ3n) is 4.40. The fourth-order valence-corrected chi connectivity index (χ4v) is 3.60. The number of carbonyl (C=O) groups is 1. The summed E-state index contributed by atoms with van der Waals surface area (Å²) in [4.78, 5) is 14.5. The molecular formula is C15H28N2O. The van der Waals surface area contributed by atoms with Crippen LogP contribution in [0.2, 0.25) is 0 Å². The monoisotopic (exact) mass is 252 g/mol. The molecule has 18 heavy (non-hydrogen) atoms. The Bertz CT molecular complexity index is 294. The highest BCUT2D eigenvalue weighted by Gasteiger charge is 2.40. The van der Waals surface area contributed by atoms with Crippen molar-refractivity contribution >= 4 is 5.91 Å². The SMILES string of the molecule is CCC1CC2CCC(C1)N2CC(=O)NC(C)(C)C. The second-order valence-corrected chi connectivity index (χ2v) is 7.10. The Balaban J connectivity index is 1.90. The Morgan fingerprint density at radius 2 is 1.78 bits per heavy atom. The molecule has 2 bridgehead atoms. The summed E-state index contributed by atoms with van der Waals surface area (Å²) in [5.74, 6) is 1.08. The molecule has 104 valence electrons. The molecule has 3 nitrogen and oxygen atoms in total. The van der Waals surface area contributed by atoms with Gasteiger partial charge in [0.05, 0.1) is 6.54 Å². The van der Waals surface area contributed by atoms with Crippen LogP contribution in [0.5, 0.6) is 0 Å². The van der Waals surface area contributed by atoms with Gasteiger partial charge >= 0.3 is 0 Å². The van der Waals surface area contributed by atoms with E-state index in [1.165, 1.54) is 32.1 Å². The van der Waals surface area contributed by atoms with Crippen molar-refractivity contribution in [3.63, 3.8) is 0 Å². The predicted molar refractivity (Wildman–Crippen MR) is 74.4 cm³/mol. The molecule has 0 radical (unpaired) electrons. The first-order valence-corrected chi connectivity index (χ1v) is 7.46. The Hall–Kier alpha value is -0.570. The molecule has 2 rings (SSSR count). The van der Waals surface area contributed by atoms with Crippen LogP contribution in [0.4, 0.5) is 0 Å². The van der Waals surface area contributed by atoms with Crippen LogP contribution in [-0.2, 0) is 4.79 Å². The maximum absolute atomic E-state index is 12.0. The average molecular weight is 252 g/mol. The largest absolute Gasteiger partial charge is 0.350 e. The number of hydrogen-bond donors (Lipinski definition) is 1. The number of amides is 1. The summed E-state index contributed by atoms with van der Waals surface area (Å²) >= 11 is 0. The quantitative estimate of drug-likeness (QED) is 0.837. The molecule has 2 fully saturated rings. The van der Waals surface area contributed by atoms with Crippen LogP contribution in [0, 0.1) is 5.92 Å². The maximum atomic E-state index is 12.0. The Morgan fingerprint density at radius 3 is 2.22 bits per heavy atom. The van der Waals surface area contributed by atoms with Gasteiger partial charge in [0.2, 0.25) is 5.91 Å². The summed E-state index contributed by atoms with van der Waals surface area (Å²) in [6.07, 6.45) is 6.49. The van der Waals surface area contributed by atoms with Gasteiger partial charge in [-0.3, -0.25) is 9.69 Å². The molecule has 1 amide bonds. The first-order valence-electron chi connectivity index (χ1n) is 7.46. The summed E-state index contributed by atoms with van der Waals surface area (Å²) in [7, 11) is 0. The molecule has 3 heteroatoms. The summed E-state index contributed by atoms with van der Waals surface area (Å²) in [6, 6.07) is 1.33. The van der Waals surface area contributed by atoms with Gasteiger partial charge in [-0.15, -0.1) is 0 Å². The zero-order valence-electron chi connectivity index (χ0n) is 12.3. The van der Waals surface area contributed by atoms with E-state index in [1.807, 2.05) is 20.8 Å². The van der Waals surface area contributed by atoms with E-state index in [0.29, 0.717) is 18.6 Å². The van der Waals surface area contributed by atoms with Crippen LogP contribution in [0.25, 0.3) is 0 Å². The van der Waals surface area contributed by atoms with Crippen molar-refractivity contribution < 1.29 is 4.79 Å². The molecule has 1 N–H and O–H groups in total. The zero-order valence-corrected chi connectivity index (χ0v) is 12.3. The van der Waals surface area contributed by atoms with Crippen molar-refractivity contribution in [2.24, 2.45) is 5.92 Å². The molecule has 0 aromatic heterocycles. The number of rotatable bonds is 3. The molecule has 2 saturated heterocycles. The first kappa shape index (κ1) is 13.9. The lowest BCUT2D eigenvalue weighted by atomic mass is 9.89. The number of carbonyl (C=O) groups excluding carboxylic acids is 1. The number of fused-ring (bicyclic) bond motifs is 2. The fourth-order valence-electron chi connectivity index (χ4n) is 3.60. The highest BCUT2D eigenvalue weighted by molar-refractivity contribution is 5.78. The van der Waals surface area contributed by atoms with Crippen LogP contribution in [0.1, 0.15) is 59.8 Å². The molecule has 0 spiro atoms. The van der Waals surface area contributed by atoms with Gasteiger partial charge in [-0.2, -0.15) is 0 Å². The van der Waals surface area contributed by atoms with Crippen molar-refractivity contribution in [3.8, 4) is 0 Å². The maximum Gasteiger partial charge on any atom is 0.234 e. The highest BCUT2D eigenvalue weighted by Crippen LogP contribution is 2.39. The lowest BCUT2D eigenvalue weighted by Crippen LogP contribution is -2.51. The summed E-state index contributed by atoms with van der Waals surface area (Å²) in [6.45, 7) is 9.03. The van der Waals surface area contributed by atoms with Gasteiger partial charge in [-0.25, -0.2) is 0 Å². The number of piperidine rings is 1. The molecule has 0 aromatic rings. The minimum Gasteiger partial charge on any atom is -0.350 e. The van der Waals surface area contributed by atoms with Gasteiger partial charge in [-0.05, 0) is 52.4 Å². The van der Waals surface area contributed by atoms with Crippen LogP contribution < -0.4 is 5.32 Å². The van der Waals surface area contributed by atoms with Crippen molar-refractivity contribution in [2.75, 3.05) is 6.54 Å². The van der Waals surface area contributed by atoms with Gasteiger partial charge in [-0.1, -0.05) is 13.3 Å². The van der Waals surface area contributed by atoms with Gasteiger partial charge in [0.1, 0.15) is 0 Å². The van der Waals surface area contributed by atoms with E-state index in [1.54, 1.807) is 0 Å². The van der Waals surface area contributed by atoms with Crippen LogP contribution in [0.15, 0.2) is 0 Å². The molecule has 0 aliphatic carbocycles. The summed E-state index contributed by atoms with van der Waals surface area (Å²) < 4.78 is 0. The second kappa shape index (κ2) is 5.20. The second-order valence-electron chi connectivity index (χ2n) is 7.10. The molecular weight excluding hydrogens is 224 g/mol. The molecule has 2 atom stereocenters. The lowest BCUT2D eigenvalue weighted by molar-refractivity contribution is -0.125. The van der Waals surface area contributed by atoms with Crippen molar-refractivity contribution in [1.82, 2.24) is 10.2 Å². The topological polar surface area (TPSA) is 32.3 Å². The average Bonchev–Trinajstić information content (AvgIpc) is 2.49. The molecule has 2 aliphatic rings. The zero-order chi connectivity index (χ0) is 13.3. The standard InChI is InChI=1S/C15H28N2O/c1-5-11-8-12-6-7-13(9-11)17(12)10-14(18)16-15(2,3)4/h11-13H,5-10H2,1-4H3,(H,16,18). The summed E-state index contributed by atoms with van der Waals surface area (Å²) in [5, 5.41) is 3.08. The number of nitrogens with zero attached hydrogens (tertiary/aromatic N) is 1. The van der Waals surface area contributed by atoms with Crippen molar-refractivity contribution in [3.05, 3.63) is 0 Å². The first-order chi connectivity index (χ1) is 8.39. The molecule has 2 aliphatic heterocycles. The molecule has 0 saturated carbocycles. The molecule has 0 aromatic carbocycles. The summed E-state index contributed by atoms with van der Waals surface area (Å²) in [5.41, 5.74) is -0.113. The van der Waals surface area contributed by atoms with Crippen molar-refractivity contribution in [1.29, 1.82) is 0 Å². The van der Waals surface area contributed by atoms with Gasteiger partial charge in [0.15, 0.2) is 0 Å². The third kappa shape index (κ3) is 3.25. The highest BCUT2D eigenvalue weighted by atomic mass is 16.2. The Kier molecular flexibility index (Phi) is 4.00. The molecule has 2 unspecified atom stereocenters. The van der Waals surface area contributed by atoms with Gasteiger partial charge in [0, 0.05) is 17.6 Å². The van der Waals surface area contributed by atoms with E-state index in [2.05, 4.69) is 17.1 Å². The normalized spacial score (nSPS) is 32.6. The molecule has 2 heterocycles. The lowest BCUT2D eigenvalue weighted by Gasteiger charge is -2.38. The van der Waals surface area contributed by atoms with E-state index in [-0.39, 0.29) is 11.4 Å². The number of hydrogen-bond acceptors (Lipinski definition) is 2. The van der Waals surface area contributed by atoms with Gasteiger partial charge in [0.25, 0.3) is 0 Å². The fraction of sp³-hybridized carbons (Fsp3) is 0.933. The predicted octanol–water partition coefficient (Wildman–Crippen LogP) is 2.55. The smallest absolute Gasteiger partial charge is 0.234 e. The van der Waals surface area contributed by atoms with E-state index in [0.717, 1.165) is 5.92 Å². The minimum absolute atomic E-state index is 0.113. The number of nitrogens with one attached hydrogen (secondary N) is 1. The Labute approximate surface area is 111 Å². The van der Waals surface area contributed by atoms with E-state index in [9.17, 15) is 4.79 Å². The van der Waals surface area contributed by atoms with E-state index >= 15 is 0 Å². The van der Waals surface area contributed by atoms with Gasteiger partial charge < -0.3 is 5.32 Å². The third-order valence-corrected chi connectivity index (χ3v) is 4.40. The van der Waals surface area contributed by atoms with Crippen molar-refractivity contribution in [2.45, 2.75) is 77.4 Å². The van der Waals surface area contributed by atoms with Crippen LogP contribution in [0.3, 0.4) is 0 Å². The van der Waals surface area contributed by atoms with Crippen LogP contribution >= 0.6 is 0 Å². The van der Waals surface area contributed by atoms with E-state index in [4.69, 9.17) is 0 Å². The van der Waals surface area contributed by atoms with Crippen LogP contribution in [-0.4, -0.2) is 35.0 Å².